The van der Waals surface area contributed by atoms with Gasteiger partial charge in [-0.1, -0.05) is 12.2 Å². The summed E-state index contributed by atoms with van der Waals surface area (Å²) in [5, 5.41) is 3.44. The zero-order valence-corrected chi connectivity index (χ0v) is 11.5. The first kappa shape index (κ1) is 14.3. The molecule has 0 aliphatic carbocycles. The highest BCUT2D eigenvalue weighted by Crippen LogP contribution is 2.28. The third-order valence-corrected chi connectivity index (χ3v) is 2.91. The summed E-state index contributed by atoms with van der Waals surface area (Å²) in [6.45, 7) is 8.09. The van der Waals surface area contributed by atoms with E-state index >= 15 is 0 Å². The molecule has 98 valence electrons. The molecule has 0 saturated carbocycles. The molecule has 0 bridgehead atoms. The molecule has 0 aromatic rings. The van der Waals surface area contributed by atoms with Crippen molar-refractivity contribution >= 4 is 18.5 Å². The number of rotatable bonds is 0. The van der Waals surface area contributed by atoms with E-state index in [1.807, 2.05) is 20.8 Å². The number of likely N-dealkylation sites (tertiary alicyclic amines) is 1. The van der Waals surface area contributed by atoms with E-state index in [4.69, 9.17) is 4.74 Å². The van der Waals surface area contributed by atoms with Crippen molar-refractivity contribution in [1.29, 1.82) is 0 Å². The Morgan fingerprint density at radius 3 is 2.47 bits per heavy atom. The first-order valence-electron chi connectivity index (χ1n) is 5.78. The van der Waals surface area contributed by atoms with Gasteiger partial charge in [-0.25, -0.2) is 4.79 Å². The van der Waals surface area contributed by atoms with Crippen molar-refractivity contribution in [3.05, 3.63) is 12.2 Å². The van der Waals surface area contributed by atoms with Crippen LogP contribution in [0.25, 0.3) is 0 Å². The standard InChI is InChI=1S/C12H20N2O2.ClH/c1-11(2,3)16-10(15)14-8-12(9-14)6-4-5-7-13-12;/h4-5,13H,6-9H2,1-3H3;1H. The lowest BCUT2D eigenvalue weighted by molar-refractivity contribution is -0.0160. The summed E-state index contributed by atoms with van der Waals surface area (Å²) in [7, 11) is 0. The quantitative estimate of drug-likeness (QED) is 0.677. The summed E-state index contributed by atoms with van der Waals surface area (Å²) >= 11 is 0. The molecule has 2 aliphatic heterocycles. The third-order valence-electron chi connectivity index (χ3n) is 2.91. The first-order valence-corrected chi connectivity index (χ1v) is 5.78. The number of amides is 1. The van der Waals surface area contributed by atoms with Crippen molar-refractivity contribution in [3.63, 3.8) is 0 Å². The fourth-order valence-electron chi connectivity index (χ4n) is 2.12. The van der Waals surface area contributed by atoms with E-state index in [2.05, 4.69) is 17.5 Å². The monoisotopic (exact) mass is 260 g/mol. The van der Waals surface area contributed by atoms with Gasteiger partial charge in [0.05, 0.1) is 5.54 Å². The number of carbonyl (C=O) groups excluding carboxylic acids is 1. The molecule has 4 nitrogen and oxygen atoms in total. The zero-order chi connectivity index (χ0) is 11.8. The number of halogens is 1. The first-order chi connectivity index (χ1) is 7.40. The van der Waals surface area contributed by atoms with Crippen LogP contribution in [-0.4, -0.2) is 41.8 Å². The van der Waals surface area contributed by atoms with E-state index in [-0.39, 0.29) is 24.0 Å². The van der Waals surface area contributed by atoms with Gasteiger partial charge in [-0.2, -0.15) is 0 Å². The topological polar surface area (TPSA) is 41.6 Å². The second-order valence-electron chi connectivity index (χ2n) is 5.67. The molecule has 17 heavy (non-hydrogen) atoms. The van der Waals surface area contributed by atoms with Gasteiger partial charge in [0.1, 0.15) is 5.60 Å². The molecule has 1 spiro atoms. The molecular formula is C12H21ClN2O2. The number of nitrogens with one attached hydrogen (secondary N) is 1. The fourth-order valence-corrected chi connectivity index (χ4v) is 2.12. The van der Waals surface area contributed by atoms with Crippen LogP contribution < -0.4 is 5.32 Å². The van der Waals surface area contributed by atoms with Gasteiger partial charge in [0.2, 0.25) is 0 Å². The van der Waals surface area contributed by atoms with Crippen molar-refractivity contribution in [2.75, 3.05) is 19.6 Å². The van der Waals surface area contributed by atoms with Gasteiger partial charge in [0.15, 0.2) is 0 Å². The predicted molar refractivity (Wildman–Crippen MR) is 69.5 cm³/mol. The number of hydrogen-bond acceptors (Lipinski definition) is 3. The highest BCUT2D eigenvalue weighted by Gasteiger charge is 2.45. The maximum Gasteiger partial charge on any atom is 0.410 e. The van der Waals surface area contributed by atoms with Crippen molar-refractivity contribution in [1.82, 2.24) is 10.2 Å². The summed E-state index contributed by atoms with van der Waals surface area (Å²) < 4.78 is 5.32. The number of ether oxygens (including phenoxy) is 1. The minimum Gasteiger partial charge on any atom is -0.444 e. The summed E-state index contributed by atoms with van der Waals surface area (Å²) in [6, 6.07) is 0. The number of nitrogens with zero attached hydrogens (tertiary/aromatic N) is 1. The van der Waals surface area contributed by atoms with Crippen LogP contribution in [0.2, 0.25) is 0 Å². The largest absolute Gasteiger partial charge is 0.444 e. The molecule has 0 atom stereocenters. The van der Waals surface area contributed by atoms with E-state index in [9.17, 15) is 4.79 Å². The maximum absolute atomic E-state index is 11.7. The highest BCUT2D eigenvalue weighted by atomic mass is 35.5. The Morgan fingerprint density at radius 1 is 1.35 bits per heavy atom. The van der Waals surface area contributed by atoms with Crippen molar-refractivity contribution in [2.45, 2.75) is 38.3 Å². The van der Waals surface area contributed by atoms with Gasteiger partial charge in [0.25, 0.3) is 0 Å². The summed E-state index contributed by atoms with van der Waals surface area (Å²) in [4.78, 5) is 13.5. The van der Waals surface area contributed by atoms with E-state index < -0.39 is 5.60 Å². The van der Waals surface area contributed by atoms with E-state index in [1.54, 1.807) is 4.90 Å². The van der Waals surface area contributed by atoms with Gasteiger partial charge >= 0.3 is 6.09 Å². The SMILES string of the molecule is CC(C)(C)OC(=O)N1CC2(CC=CCN2)C1.Cl. The Balaban J connectivity index is 0.00000144. The van der Waals surface area contributed by atoms with Crippen LogP contribution >= 0.6 is 12.4 Å². The molecule has 0 radical (unpaired) electrons. The van der Waals surface area contributed by atoms with Crippen molar-refractivity contribution in [3.8, 4) is 0 Å². The van der Waals surface area contributed by atoms with Crippen molar-refractivity contribution < 1.29 is 9.53 Å². The Bertz CT molecular complexity index is 317. The van der Waals surface area contributed by atoms with Gasteiger partial charge < -0.3 is 15.0 Å². The van der Waals surface area contributed by atoms with Crippen LogP contribution in [0.3, 0.4) is 0 Å². The van der Waals surface area contributed by atoms with Gasteiger partial charge in [0, 0.05) is 19.6 Å². The maximum atomic E-state index is 11.7. The smallest absolute Gasteiger partial charge is 0.410 e. The molecule has 0 aromatic carbocycles. The molecule has 2 rings (SSSR count). The van der Waals surface area contributed by atoms with Crippen LogP contribution in [0.15, 0.2) is 12.2 Å². The Hall–Kier alpha value is -0.740. The molecule has 2 heterocycles. The molecule has 0 aromatic heterocycles. The minimum absolute atomic E-state index is 0. The fraction of sp³-hybridized carbons (Fsp3) is 0.750. The molecule has 1 amide bonds. The summed E-state index contributed by atoms with van der Waals surface area (Å²) in [5.41, 5.74) is -0.286. The average Bonchev–Trinajstić information content (AvgIpc) is 2.12. The van der Waals surface area contributed by atoms with Gasteiger partial charge in [-0.15, -0.1) is 12.4 Å². The van der Waals surface area contributed by atoms with Crippen LogP contribution in [0, 0.1) is 0 Å². The van der Waals surface area contributed by atoms with Crippen LogP contribution in [-0.2, 0) is 4.74 Å². The van der Waals surface area contributed by atoms with Crippen LogP contribution in [0.5, 0.6) is 0 Å². The highest BCUT2D eigenvalue weighted by molar-refractivity contribution is 5.85. The predicted octanol–water partition coefficient (Wildman–Crippen LogP) is 1.95. The molecule has 1 fully saturated rings. The Morgan fingerprint density at radius 2 is 2.00 bits per heavy atom. The molecule has 2 aliphatic rings. The van der Waals surface area contributed by atoms with Crippen LogP contribution in [0.4, 0.5) is 4.79 Å². The average molecular weight is 261 g/mol. The Kier molecular flexibility index (Phi) is 4.10. The van der Waals surface area contributed by atoms with Gasteiger partial charge in [-0.3, -0.25) is 0 Å². The van der Waals surface area contributed by atoms with E-state index in [0.717, 1.165) is 26.1 Å². The minimum atomic E-state index is -0.403. The lowest BCUT2D eigenvalue weighted by Crippen LogP contribution is -2.71. The second-order valence-corrected chi connectivity index (χ2v) is 5.67. The van der Waals surface area contributed by atoms with E-state index in [0.29, 0.717) is 0 Å². The molecule has 1 saturated heterocycles. The normalized spacial score (nSPS) is 21.7. The van der Waals surface area contributed by atoms with E-state index in [1.165, 1.54) is 0 Å². The van der Waals surface area contributed by atoms with Gasteiger partial charge in [-0.05, 0) is 27.2 Å². The second kappa shape index (κ2) is 4.86. The molecule has 1 N–H and O–H groups in total. The third kappa shape index (κ3) is 3.36. The van der Waals surface area contributed by atoms with Crippen molar-refractivity contribution in [2.24, 2.45) is 0 Å². The number of carbonyl (C=O) groups is 1. The summed E-state index contributed by atoms with van der Waals surface area (Å²) in [6.07, 6.45) is 5.12. The molecule has 0 unspecified atom stereocenters. The lowest BCUT2D eigenvalue weighted by atomic mass is 9.85. The molecule has 5 heteroatoms. The molecular weight excluding hydrogens is 240 g/mol. The lowest BCUT2D eigenvalue weighted by Gasteiger charge is -2.51. The number of hydrogen-bond donors (Lipinski definition) is 1. The zero-order valence-electron chi connectivity index (χ0n) is 10.7. The summed E-state index contributed by atoms with van der Waals surface area (Å²) in [5.74, 6) is 0. The van der Waals surface area contributed by atoms with Crippen LogP contribution in [0.1, 0.15) is 27.2 Å². The Labute approximate surface area is 109 Å².